The van der Waals surface area contributed by atoms with Crippen LogP contribution in [0.4, 0.5) is 4.79 Å². The fourth-order valence-corrected chi connectivity index (χ4v) is 3.16. The third-order valence-corrected chi connectivity index (χ3v) is 4.44. The Bertz CT molecular complexity index is 549. The van der Waals surface area contributed by atoms with Gasteiger partial charge in [0.25, 0.3) is 0 Å². The van der Waals surface area contributed by atoms with Crippen molar-refractivity contribution in [2.24, 2.45) is 0 Å². The SMILES string of the molecule is CC(C)(C)OC(=O)N1CCN(Cc2ccc(Br)cc2)CC1(C)C. The van der Waals surface area contributed by atoms with Crippen molar-refractivity contribution in [2.45, 2.75) is 52.3 Å². The third-order valence-electron chi connectivity index (χ3n) is 3.91. The maximum Gasteiger partial charge on any atom is 0.410 e. The molecule has 0 aromatic heterocycles. The summed E-state index contributed by atoms with van der Waals surface area (Å²) in [6.07, 6.45) is -0.217. The average molecular weight is 383 g/mol. The van der Waals surface area contributed by atoms with Gasteiger partial charge in [0.2, 0.25) is 0 Å². The molecular weight excluding hydrogens is 356 g/mol. The van der Waals surface area contributed by atoms with E-state index in [2.05, 4.69) is 58.9 Å². The predicted molar refractivity (Wildman–Crippen MR) is 96.4 cm³/mol. The molecule has 23 heavy (non-hydrogen) atoms. The lowest BCUT2D eigenvalue weighted by atomic mass is 9.99. The van der Waals surface area contributed by atoms with Crippen molar-refractivity contribution in [3.63, 3.8) is 0 Å². The van der Waals surface area contributed by atoms with Gasteiger partial charge < -0.3 is 9.64 Å². The molecule has 1 aromatic rings. The number of piperazine rings is 1. The number of nitrogens with zero attached hydrogens (tertiary/aromatic N) is 2. The van der Waals surface area contributed by atoms with E-state index in [1.807, 2.05) is 25.7 Å². The molecule has 1 aliphatic heterocycles. The Kier molecular flexibility index (Phi) is 5.41. The highest BCUT2D eigenvalue weighted by Gasteiger charge is 2.38. The minimum absolute atomic E-state index is 0.217. The number of hydrogen-bond acceptors (Lipinski definition) is 3. The molecular formula is C18H27BrN2O2. The van der Waals surface area contributed by atoms with Crippen LogP contribution < -0.4 is 0 Å². The molecule has 1 fully saturated rings. The van der Waals surface area contributed by atoms with Crippen LogP contribution in [0.2, 0.25) is 0 Å². The van der Waals surface area contributed by atoms with E-state index >= 15 is 0 Å². The van der Waals surface area contributed by atoms with Crippen molar-refractivity contribution in [2.75, 3.05) is 19.6 Å². The topological polar surface area (TPSA) is 32.8 Å². The minimum Gasteiger partial charge on any atom is -0.444 e. The Morgan fingerprint density at radius 1 is 1.22 bits per heavy atom. The van der Waals surface area contributed by atoms with E-state index in [-0.39, 0.29) is 11.6 Å². The summed E-state index contributed by atoms with van der Waals surface area (Å²) in [5.41, 5.74) is 0.590. The molecule has 1 heterocycles. The highest BCUT2D eigenvalue weighted by molar-refractivity contribution is 9.10. The van der Waals surface area contributed by atoms with Crippen molar-refractivity contribution in [3.8, 4) is 0 Å². The van der Waals surface area contributed by atoms with Gasteiger partial charge >= 0.3 is 6.09 Å². The summed E-state index contributed by atoms with van der Waals surface area (Å²) >= 11 is 3.46. The highest BCUT2D eigenvalue weighted by Crippen LogP contribution is 2.25. The van der Waals surface area contributed by atoms with Crippen molar-refractivity contribution in [3.05, 3.63) is 34.3 Å². The number of halogens is 1. The lowest BCUT2D eigenvalue weighted by molar-refractivity contribution is -0.0244. The molecule has 1 aliphatic rings. The summed E-state index contributed by atoms with van der Waals surface area (Å²) in [6.45, 7) is 13.2. The molecule has 0 aliphatic carbocycles. The molecule has 5 heteroatoms. The first-order valence-electron chi connectivity index (χ1n) is 8.04. The molecule has 0 unspecified atom stereocenters. The van der Waals surface area contributed by atoms with Gasteiger partial charge in [0.05, 0.1) is 5.54 Å². The maximum atomic E-state index is 12.4. The summed E-state index contributed by atoms with van der Waals surface area (Å²) in [4.78, 5) is 16.7. The van der Waals surface area contributed by atoms with Crippen LogP contribution in [0.15, 0.2) is 28.7 Å². The second-order valence-electron chi connectivity index (χ2n) is 7.78. The quantitative estimate of drug-likeness (QED) is 0.764. The summed E-state index contributed by atoms with van der Waals surface area (Å²) in [6, 6.07) is 8.41. The molecule has 0 bridgehead atoms. The van der Waals surface area contributed by atoms with Gasteiger partial charge in [0, 0.05) is 30.7 Å². The van der Waals surface area contributed by atoms with Crippen LogP contribution in [0.1, 0.15) is 40.2 Å². The second-order valence-corrected chi connectivity index (χ2v) is 8.70. The van der Waals surface area contributed by atoms with Crippen LogP contribution in [-0.2, 0) is 11.3 Å². The largest absolute Gasteiger partial charge is 0.444 e. The normalized spacial score (nSPS) is 18.8. The molecule has 1 aromatic carbocycles. The number of amides is 1. The Hall–Kier alpha value is -1.07. The van der Waals surface area contributed by atoms with E-state index < -0.39 is 5.60 Å². The average Bonchev–Trinajstić information content (AvgIpc) is 2.38. The van der Waals surface area contributed by atoms with E-state index in [1.54, 1.807) is 0 Å². The van der Waals surface area contributed by atoms with Crippen LogP contribution in [0.3, 0.4) is 0 Å². The monoisotopic (exact) mass is 382 g/mol. The van der Waals surface area contributed by atoms with Crippen LogP contribution in [0, 0.1) is 0 Å². The van der Waals surface area contributed by atoms with Crippen LogP contribution in [-0.4, -0.2) is 46.7 Å². The van der Waals surface area contributed by atoms with Crippen molar-refractivity contribution >= 4 is 22.0 Å². The van der Waals surface area contributed by atoms with Crippen molar-refractivity contribution in [1.29, 1.82) is 0 Å². The maximum absolute atomic E-state index is 12.4. The Labute approximate surface area is 147 Å². The molecule has 0 radical (unpaired) electrons. The van der Waals surface area contributed by atoms with Gasteiger partial charge in [0.1, 0.15) is 5.60 Å². The lowest BCUT2D eigenvalue weighted by Crippen LogP contribution is -2.61. The first kappa shape index (κ1) is 18.3. The smallest absolute Gasteiger partial charge is 0.410 e. The molecule has 128 valence electrons. The standard InChI is InChI=1S/C18H27BrN2O2/c1-17(2,3)23-16(22)21-11-10-20(13-18(21,4)5)12-14-6-8-15(19)9-7-14/h6-9H,10-13H2,1-5H3. The minimum atomic E-state index is -0.457. The van der Waals surface area contributed by atoms with Crippen molar-refractivity contribution in [1.82, 2.24) is 9.80 Å². The van der Waals surface area contributed by atoms with Gasteiger partial charge in [-0.05, 0) is 52.3 Å². The second kappa shape index (κ2) is 6.81. The van der Waals surface area contributed by atoms with E-state index in [4.69, 9.17) is 4.74 Å². The van der Waals surface area contributed by atoms with Gasteiger partial charge in [-0.2, -0.15) is 0 Å². The molecule has 1 amide bonds. The number of rotatable bonds is 2. The zero-order valence-corrected chi connectivity index (χ0v) is 16.3. The van der Waals surface area contributed by atoms with E-state index in [9.17, 15) is 4.79 Å². The van der Waals surface area contributed by atoms with E-state index in [0.29, 0.717) is 6.54 Å². The van der Waals surface area contributed by atoms with Gasteiger partial charge in [-0.1, -0.05) is 28.1 Å². The molecule has 0 N–H and O–H groups in total. The fourth-order valence-electron chi connectivity index (χ4n) is 2.89. The molecule has 0 atom stereocenters. The van der Waals surface area contributed by atoms with Crippen LogP contribution in [0.5, 0.6) is 0 Å². The Morgan fingerprint density at radius 3 is 2.35 bits per heavy atom. The number of ether oxygens (including phenoxy) is 1. The molecule has 1 saturated heterocycles. The summed E-state index contributed by atoms with van der Waals surface area (Å²) in [5, 5.41) is 0. The highest BCUT2D eigenvalue weighted by atomic mass is 79.9. The molecule has 0 saturated carbocycles. The zero-order valence-electron chi connectivity index (χ0n) is 14.7. The Balaban J connectivity index is 1.99. The molecule has 4 nitrogen and oxygen atoms in total. The number of carbonyl (C=O) groups is 1. The van der Waals surface area contributed by atoms with Crippen molar-refractivity contribution < 1.29 is 9.53 Å². The third kappa shape index (κ3) is 5.21. The first-order chi connectivity index (χ1) is 10.6. The predicted octanol–water partition coefficient (Wildman–Crippen LogP) is 4.28. The summed E-state index contributed by atoms with van der Waals surface area (Å²) in [7, 11) is 0. The first-order valence-corrected chi connectivity index (χ1v) is 8.83. The van der Waals surface area contributed by atoms with Gasteiger partial charge in [-0.25, -0.2) is 4.79 Å². The Morgan fingerprint density at radius 2 is 1.83 bits per heavy atom. The summed E-state index contributed by atoms with van der Waals surface area (Å²) in [5.74, 6) is 0. The van der Waals surface area contributed by atoms with Gasteiger partial charge in [-0.15, -0.1) is 0 Å². The van der Waals surface area contributed by atoms with Crippen LogP contribution in [0.25, 0.3) is 0 Å². The van der Waals surface area contributed by atoms with E-state index in [0.717, 1.165) is 24.1 Å². The number of benzene rings is 1. The van der Waals surface area contributed by atoms with Crippen LogP contribution >= 0.6 is 15.9 Å². The lowest BCUT2D eigenvalue weighted by Gasteiger charge is -2.47. The number of carbonyl (C=O) groups excluding carboxylic acids is 1. The fraction of sp³-hybridized carbons (Fsp3) is 0.611. The molecule has 0 spiro atoms. The van der Waals surface area contributed by atoms with Gasteiger partial charge in [0.15, 0.2) is 0 Å². The molecule has 2 rings (SSSR count). The number of hydrogen-bond donors (Lipinski definition) is 0. The van der Waals surface area contributed by atoms with E-state index in [1.165, 1.54) is 5.56 Å². The zero-order chi connectivity index (χ0) is 17.3. The van der Waals surface area contributed by atoms with Gasteiger partial charge in [-0.3, -0.25) is 4.90 Å². The summed E-state index contributed by atoms with van der Waals surface area (Å²) < 4.78 is 6.64.